The Kier molecular flexibility index (Phi) is 9.03. The molecule has 0 aromatic heterocycles. The van der Waals surface area contributed by atoms with Crippen molar-refractivity contribution in [1.82, 2.24) is 10.6 Å². The molecule has 0 saturated heterocycles. The highest BCUT2D eigenvalue weighted by molar-refractivity contribution is 5.98. The summed E-state index contributed by atoms with van der Waals surface area (Å²) >= 11 is 0. The molecule has 1 unspecified atom stereocenters. The first-order chi connectivity index (χ1) is 14.9. The maximum atomic E-state index is 12.2. The number of amides is 2. The first-order valence-corrected chi connectivity index (χ1v) is 9.42. The molecular formula is C22H24N2O7. The van der Waals surface area contributed by atoms with E-state index < -0.39 is 42.9 Å². The summed E-state index contributed by atoms with van der Waals surface area (Å²) < 4.78 is 14.7. The van der Waals surface area contributed by atoms with Gasteiger partial charge in [0.2, 0.25) is 0 Å². The van der Waals surface area contributed by atoms with E-state index >= 15 is 0 Å². The minimum absolute atomic E-state index is 0.224. The number of nitrogens with one attached hydrogen (secondary N) is 2. The van der Waals surface area contributed by atoms with E-state index in [1.165, 1.54) is 14.2 Å². The van der Waals surface area contributed by atoms with Gasteiger partial charge in [-0.25, -0.2) is 4.79 Å². The Hall–Kier alpha value is -3.88. The van der Waals surface area contributed by atoms with Crippen LogP contribution in [0.2, 0.25) is 0 Å². The number of carbonyl (C=O) groups is 4. The Labute approximate surface area is 179 Å². The predicted octanol–water partition coefficient (Wildman–Crippen LogP) is 0.869. The fourth-order valence-corrected chi connectivity index (χ4v) is 2.70. The smallest absolute Gasteiger partial charge is 0.328 e. The van der Waals surface area contributed by atoms with Gasteiger partial charge >= 0.3 is 11.9 Å². The van der Waals surface area contributed by atoms with Gasteiger partial charge in [-0.3, -0.25) is 14.4 Å². The van der Waals surface area contributed by atoms with E-state index in [4.69, 9.17) is 14.2 Å². The maximum absolute atomic E-state index is 12.2. The molecular weight excluding hydrogens is 404 g/mol. The van der Waals surface area contributed by atoms with E-state index in [1.807, 2.05) is 30.3 Å². The average Bonchev–Trinajstić information content (AvgIpc) is 2.80. The van der Waals surface area contributed by atoms with Crippen LogP contribution in [0.15, 0.2) is 54.6 Å². The molecule has 2 rings (SSSR count). The summed E-state index contributed by atoms with van der Waals surface area (Å²) in [5, 5.41) is 4.88. The first kappa shape index (κ1) is 23.4. The SMILES string of the molecule is COC(=O)C(Cc1ccccc1)NC(=O)COC(=O)CNC(=O)c1ccccc1OC. The lowest BCUT2D eigenvalue weighted by atomic mass is 10.1. The van der Waals surface area contributed by atoms with E-state index in [1.54, 1.807) is 24.3 Å². The van der Waals surface area contributed by atoms with Gasteiger partial charge in [0.1, 0.15) is 18.3 Å². The molecule has 0 fully saturated rings. The van der Waals surface area contributed by atoms with Gasteiger partial charge in [-0.1, -0.05) is 42.5 Å². The Morgan fingerprint density at radius 2 is 1.61 bits per heavy atom. The van der Waals surface area contributed by atoms with Crippen LogP contribution in [-0.2, 0) is 30.3 Å². The van der Waals surface area contributed by atoms with Gasteiger partial charge in [-0.2, -0.15) is 0 Å². The quantitative estimate of drug-likeness (QED) is 0.539. The number of rotatable bonds is 10. The van der Waals surface area contributed by atoms with Crippen molar-refractivity contribution in [2.24, 2.45) is 0 Å². The minimum Gasteiger partial charge on any atom is -0.496 e. The summed E-state index contributed by atoms with van der Waals surface area (Å²) in [6.07, 6.45) is 0.224. The lowest BCUT2D eigenvalue weighted by Crippen LogP contribution is -2.45. The van der Waals surface area contributed by atoms with Crippen LogP contribution in [0.5, 0.6) is 5.75 Å². The van der Waals surface area contributed by atoms with E-state index in [2.05, 4.69) is 10.6 Å². The number of benzene rings is 2. The lowest BCUT2D eigenvalue weighted by Gasteiger charge is -2.16. The Bertz CT molecular complexity index is 915. The van der Waals surface area contributed by atoms with Crippen molar-refractivity contribution in [2.75, 3.05) is 27.4 Å². The highest BCUT2D eigenvalue weighted by Crippen LogP contribution is 2.16. The Morgan fingerprint density at radius 1 is 0.935 bits per heavy atom. The number of ether oxygens (including phenoxy) is 3. The predicted molar refractivity (Wildman–Crippen MR) is 110 cm³/mol. The molecule has 0 heterocycles. The van der Waals surface area contributed by atoms with Crippen LogP contribution in [0.1, 0.15) is 15.9 Å². The second kappa shape index (κ2) is 12.0. The van der Waals surface area contributed by atoms with Crippen molar-refractivity contribution in [3.05, 3.63) is 65.7 Å². The summed E-state index contributed by atoms with van der Waals surface area (Å²) in [7, 11) is 2.65. The largest absolute Gasteiger partial charge is 0.496 e. The second-order valence-corrected chi connectivity index (χ2v) is 6.38. The number of esters is 2. The molecule has 2 amide bonds. The number of hydrogen-bond donors (Lipinski definition) is 2. The number of methoxy groups -OCH3 is 2. The van der Waals surface area contributed by atoms with Gasteiger partial charge in [0.15, 0.2) is 6.61 Å². The first-order valence-electron chi connectivity index (χ1n) is 9.42. The van der Waals surface area contributed by atoms with Crippen LogP contribution in [0.25, 0.3) is 0 Å². The third kappa shape index (κ3) is 7.46. The molecule has 0 aliphatic heterocycles. The van der Waals surface area contributed by atoms with Crippen molar-refractivity contribution < 1.29 is 33.4 Å². The molecule has 0 radical (unpaired) electrons. The third-order valence-corrected chi connectivity index (χ3v) is 4.21. The molecule has 0 bridgehead atoms. The highest BCUT2D eigenvalue weighted by Gasteiger charge is 2.22. The summed E-state index contributed by atoms with van der Waals surface area (Å²) in [6, 6.07) is 14.7. The van der Waals surface area contributed by atoms with Crippen molar-refractivity contribution in [3.8, 4) is 5.75 Å². The highest BCUT2D eigenvalue weighted by atomic mass is 16.5. The van der Waals surface area contributed by atoms with Gasteiger partial charge in [0.05, 0.1) is 19.8 Å². The lowest BCUT2D eigenvalue weighted by molar-refractivity contribution is -0.149. The summed E-state index contributed by atoms with van der Waals surface area (Å²) in [5.41, 5.74) is 1.09. The molecule has 2 N–H and O–H groups in total. The molecule has 0 spiro atoms. The molecule has 0 aliphatic rings. The zero-order valence-electron chi connectivity index (χ0n) is 17.3. The van der Waals surface area contributed by atoms with E-state index in [-0.39, 0.29) is 12.0 Å². The third-order valence-electron chi connectivity index (χ3n) is 4.21. The molecule has 9 nitrogen and oxygen atoms in total. The van der Waals surface area contributed by atoms with Crippen LogP contribution in [0, 0.1) is 0 Å². The van der Waals surface area contributed by atoms with Crippen LogP contribution < -0.4 is 15.4 Å². The molecule has 9 heteroatoms. The fourth-order valence-electron chi connectivity index (χ4n) is 2.70. The summed E-state index contributed by atoms with van der Waals surface area (Å²) in [4.78, 5) is 48.1. The van der Waals surface area contributed by atoms with Crippen LogP contribution in [0.3, 0.4) is 0 Å². The zero-order valence-corrected chi connectivity index (χ0v) is 17.3. The molecule has 0 aliphatic carbocycles. The van der Waals surface area contributed by atoms with Crippen LogP contribution in [-0.4, -0.2) is 57.2 Å². The second-order valence-electron chi connectivity index (χ2n) is 6.38. The van der Waals surface area contributed by atoms with Crippen molar-refractivity contribution >= 4 is 23.8 Å². The van der Waals surface area contributed by atoms with Crippen LogP contribution in [0.4, 0.5) is 0 Å². The molecule has 1 atom stereocenters. The monoisotopic (exact) mass is 428 g/mol. The standard InChI is InChI=1S/C22H24N2O7/c1-29-18-11-7-6-10-16(18)21(27)23-13-20(26)31-14-19(25)24-17(22(28)30-2)12-15-8-4-3-5-9-15/h3-11,17H,12-14H2,1-2H3,(H,23,27)(H,24,25). The molecule has 0 saturated carbocycles. The van der Waals surface area contributed by atoms with Crippen molar-refractivity contribution in [2.45, 2.75) is 12.5 Å². The summed E-state index contributed by atoms with van der Waals surface area (Å²) in [5.74, 6) is -2.26. The normalized spacial score (nSPS) is 11.0. The van der Waals surface area contributed by atoms with Gasteiger partial charge in [-0.05, 0) is 17.7 Å². The van der Waals surface area contributed by atoms with E-state index in [0.717, 1.165) is 5.56 Å². The average molecular weight is 428 g/mol. The van der Waals surface area contributed by atoms with Gasteiger partial charge < -0.3 is 24.8 Å². The molecule has 31 heavy (non-hydrogen) atoms. The minimum atomic E-state index is -0.927. The number of hydrogen-bond acceptors (Lipinski definition) is 7. The maximum Gasteiger partial charge on any atom is 0.328 e. The molecule has 164 valence electrons. The van der Waals surface area contributed by atoms with Gasteiger partial charge in [-0.15, -0.1) is 0 Å². The number of para-hydroxylation sites is 1. The topological polar surface area (TPSA) is 120 Å². The Morgan fingerprint density at radius 3 is 2.29 bits per heavy atom. The summed E-state index contributed by atoms with van der Waals surface area (Å²) in [6.45, 7) is -1.04. The van der Waals surface area contributed by atoms with Crippen molar-refractivity contribution in [3.63, 3.8) is 0 Å². The van der Waals surface area contributed by atoms with E-state index in [0.29, 0.717) is 5.75 Å². The Balaban J connectivity index is 1.81. The van der Waals surface area contributed by atoms with Gasteiger partial charge in [0, 0.05) is 6.42 Å². The molecule has 2 aromatic carbocycles. The van der Waals surface area contributed by atoms with E-state index in [9.17, 15) is 19.2 Å². The van der Waals surface area contributed by atoms with Crippen LogP contribution >= 0.6 is 0 Å². The number of carbonyl (C=O) groups excluding carboxylic acids is 4. The van der Waals surface area contributed by atoms with Crippen molar-refractivity contribution in [1.29, 1.82) is 0 Å². The molecule has 2 aromatic rings. The fraction of sp³-hybridized carbons (Fsp3) is 0.273. The zero-order chi connectivity index (χ0) is 22.6. The van der Waals surface area contributed by atoms with Gasteiger partial charge in [0.25, 0.3) is 11.8 Å².